The summed E-state index contributed by atoms with van der Waals surface area (Å²) in [6, 6.07) is 1.46. The average Bonchev–Trinajstić information content (AvgIpc) is 2.60. The van der Waals surface area contributed by atoms with Crippen molar-refractivity contribution in [1.82, 2.24) is 14.5 Å². The normalized spacial score (nSPS) is 17.8. The summed E-state index contributed by atoms with van der Waals surface area (Å²) in [7, 11) is 4.74. The Bertz CT molecular complexity index is 694. The van der Waals surface area contributed by atoms with Crippen molar-refractivity contribution in [2.24, 2.45) is 20.0 Å². The summed E-state index contributed by atoms with van der Waals surface area (Å²) in [6.07, 6.45) is 2.44. The molecule has 1 N–H and O–H groups in total. The summed E-state index contributed by atoms with van der Waals surface area (Å²) < 4.78 is 7.50. The molecular formula is C16H26N4O4. The number of ether oxygens (including phenoxy) is 1. The number of nitrogens with one attached hydrogen (secondary N) is 1. The lowest BCUT2D eigenvalue weighted by molar-refractivity contribution is -0.125. The molecule has 1 aliphatic rings. The van der Waals surface area contributed by atoms with Gasteiger partial charge in [-0.2, -0.15) is 0 Å². The number of hydrogen-bond acceptors (Lipinski definition) is 5. The standard InChI is InChI=1S/C16H26N4O4/c1-18-13(10-14(21)19(2)16(18)23)20-8-4-6-12(11-20)15(22)17-7-5-9-24-3/h10,12H,4-9,11H2,1-3H3,(H,17,22)/t12-/m0/s1. The molecule has 24 heavy (non-hydrogen) atoms. The number of carbonyl (C=O) groups is 1. The molecule has 1 atom stereocenters. The van der Waals surface area contributed by atoms with Gasteiger partial charge >= 0.3 is 5.69 Å². The summed E-state index contributed by atoms with van der Waals surface area (Å²) >= 11 is 0. The van der Waals surface area contributed by atoms with Gasteiger partial charge in [-0.05, 0) is 19.3 Å². The minimum atomic E-state index is -0.358. The Morgan fingerprint density at radius 3 is 2.79 bits per heavy atom. The summed E-state index contributed by atoms with van der Waals surface area (Å²) in [5.41, 5.74) is -0.692. The van der Waals surface area contributed by atoms with E-state index < -0.39 is 0 Å². The first-order valence-corrected chi connectivity index (χ1v) is 8.24. The van der Waals surface area contributed by atoms with Gasteiger partial charge in [-0.25, -0.2) is 4.79 Å². The van der Waals surface area contributed by atoms with Gasteiger partial charge in [0, 0.05) is 53.5 Å². The van der Waals surface area contributed by atoms with Crippen molar-refractivity contribution in [2.75, 3.05) is 38.3 Å². The highest BCUT2D eigenvalue weighted by Crippen LogP contribution is 2.21. The van der Waals surface area contributed by atoms with E-state index >= 15 is 0 Å². The number of anilines is 1. The molecule has 0 radical (unpaired) electrons. The zero-order chi connectivity index (χ0) is 17.7. The number of hydrogen-bond donors (Lipinski definition) is 1. The topological polar surface area (TPSA) is 85.6 Å². The van der Waals surface area contributed by atoms with Crippen LogP contribution in [-0.4, -0.2) is 48.4 Å². The van der Waals surface area contributed by atoms with Crippen LogP contribution < -0.4 is 21.5 Å². The van der Waals surface area contributed by atoms with Gasteiger partial charge in [-0.15, -0.1) is 0 Å². The molecule has 134 valence electrons. The second kappa shape index (κ2) is 8.14. The first kappa shape index (κ1) is 18.3. The van der Waals surface area contributed by atoms with Gasteiger partial charge < -0.3 is 15.0 Å². The van der Waals surface area contributed by atoms with E-state index in [0.717, 1.165) is 30.4 Å². The zero-order valence-electron chi connectivity index (χ0n) is 14.6. The van der Waals surface area contributed by atoms with Crippen molar-refractivity contribution in [1.29, 1.82) is 0 Å². The smallest absolute Gasteiger partial charge is 0.332 e. The van der Waals surface area contributed by atoms with E-state index in [1.54, 1.807) is 14.2 Å². The lowest BCUT2D eigenvalue weighted by atomic mass is 9.97. The maximum Gasteiger partial charge on any atom is 0.332 e. The Kier molecular flexibility index (Phi) is 6.19. The molecule has 1 aromatic heterocycles. The molecule has 1 saturated heterocycles. The van der Waals surface area contributed by atoms with Crippen molar-refractivity contribution in [3.8, 4) is 0 Å². The van der Waals surface area contributed by atoms with E-state index in [0.29, 0.717) is 25.5 Å². The van der Waals surface area contributed by atoms with Gasteiger partial charge in [0.1, 0.15) is 5.82 Å². The summed E-state index contributed by atoms with van der Waals surface area (Å²) in [4.78, 5) is 38.2. The molecule has 8 heteroatoms. The van der Waals surface area contributed by atoms with Gasteiger partial charge in [-0.1, -0.05) is 0 Å². The Morgan fingerprint density at radius 2 is 2.08 bits per heavy atom. The molecule has 0 spiro atoms. The van der Waals surface area contributed by atoms with E-state index in [1.807, 2.05) is 4.90 Å². The van der Waals surface area contributed by atoms with Gasteiger partial charge in [0.15, 0.2) is 0 Å². The highest BCUT2D eigenvalue weighted by atomic mass is 16.5. The molecule has 8 nitrogen and oxygen atoms in total. The molecule has 2 heterocycles. The molecular weight excluding hydrogens is 312 g/mol. The third kappa shape index (κ3) is 4.05. The Labute approximate surface area is 141 Å². The molecule has 0 aliphatic carbocycles. The van der Waals surface area contributed by atoms with Crippen molar-refractivity contribution in [3.63, 3.8) is 0 Å². The van der Waals surface area contributed by atoms with Crippen LogP contribution in [0, 0.1) is 5.92 Å². The minimum absolute atomic E-state index is 0.0182. The third-order valence-electron chi connectivity index (χ3n) is 4.44. The first-order valence-electron chi connectivity index (χ1n) is 8.24. The molecule has 0 bridgehead atoms. The van der Waals surface area contributed by atoms with Crippen molar-refractivity contribution >= 4 is 11.7 Å². The van der Waals surface area contributed by atoms with Crippen LogP contribution in [-0.2, 0) is 23.6 Å². The quantitative estimate of drug-likeness (QED) is 0.704. The maximum atomic E-state index is 12.3. The number of piperidine rings is 1. The number of carbonyl (C=O) groups excluding carboxylic acids is 1. The Hall–Kier alpha value is -2.09. The fraction of sp³-hybridized carbons (Fsp3) is 0.688. The van der Waals surface area contributed by atoms with Crippen LogP contribution in [0.4, 0.5) is 5.82 Å². The number of rotatable bonds is 6. The largest absolute Gasteiger partial charge is 0.385 e. The number of amides is 1. The third-order valence-corrected chi connectivity index (χ3v) is 4.44. The Balaban J connectivity index is 2.07. The van der Waals surface area contributed by atoms with Crippen LogP contribution in [0.5, 0.6) is 0 Å². The number of nitrogens with zero attached hydrogens (tertiary/aromatic N) is 3. The van der Waals surface area contributed by atoms with Gasteiger partial charge in [0.05, 0.1) is 5.92 Å². The molecule has 0 unspecified atom stereocenters. The summed E-state index contributed by atoms with van der Waals surface area (Å²) in [5.74, 6) is 0.449. The second-order valence-corrected chi connectivity index (χ2v) is 6.16. The monoisotopic (exact) mass is 338 g/mol. The molecule has 1 amide bonds. The van der Waals surface area contributed by atoms with Gasteiger partial charge in [0.25, 0.3) is 5.56 Å². The van der Waals surface area contributed by atoms with Crippen molar-refractivity contribution in [3.05, 3.63) is 26.9 Å². The number of methoxy groups -OCH3 is 1. The molecule has 1 aromatic rings. The Morgan fingerprint density at radius 1 is 1.33 bits per heavy atom. The molecule has 2 rings (SSSR count). The van der Waals surface area contributed by atoms with E-state index in [2.05, 4.69) is 5.32 Å². The predicted octanol–water partition coefficient (Wildman–Crippen LogP) is -0.547. The minimum Gasteiger partial charge on any atom is -0.385 e. The summed E-state index contributed by atoms with van der Waals surface area (Å²) in [6.45, 7) is 2.45. The van der Waals surface area contributed by atoms with Crippen LogP contribution in [0.1, 0.15) is 19.3 Å². The molecule has 1 aliphatic heterocycles. The summed E-state index contributed by atoms with van der Waals surface area (Å²) in [5, 5.41) is 2.93. The van der Waals surface area contributed by atoms with E-state index in [4.69, 9.17) is 4.74 Å². The van der Waals surface area contributed by atoms with Crippen LogP contribution >= 0.6 is 0 Å². The fourth-order valence-electron chi connectivity index (χ4n) is 3.00. The number of aromatic nitrogens is 2. The maximum absolute atomic E-state index is 12.3. The second-order valence-electron chi connectivity index (χ2n) is 6.16. The fourth-order valence-corrected chi connectivity index (χ4v) is 3.00. The predicted molar refractivity (Wildman–Crippen MR) is 91.4 cm³/mol. The van der Waals surface area contributed by atoms with Crippen LogP contribution in [0.25, 0.3) is 0 Å². The van der Waals surface area contributed by atoms with Gasteiger partial charge in [0.2, 0.25) is 5.91 Å². The molecule has 0 saturated carbocycles. The van der Waals surface area contributed by atoms with Crippen molar-refractivity contribution in [2.45, 2.75) is 19.3 Å². The average molecular weight is 338 g/mol. The lowest BCUT2D eigenvalue weighted by Gasteiger charge is -2.34. The van der Waals surface area contributed by atoms with E-state index in [9.17, 15) is 14.4 Å². The molecule has 0 aromatic carbocycles. The SMILES string of the molecule is COCCCNC(=O)[C@H]1CCCN(c2cc(=O)n(C)c(=O)n2C)C1. The van der Waals surface area contributed by atoms with E-state index in [-0.39, 0.29) is 23.1 Å². The molecule has 1 fully saturated rings. The van der Waals surface area contributed by atoms with Crippen molar-refractivity contribution < 1.29 is 9.53 Å². The highest BCUT2D eigenvalue weighted by Gasteiger charge is 2.27. The zero-order valence-corrected chi connectivity index (χ0v) is 14.6. The van der Waals surface area contributed by atoms with Crippen LogP contribution in [0.2, 0.25) is 0 Å². The first-order chi connectivity index (χ1) is 11.5. The lowest BCUT2D eigenvalue weighted by Crippen LogP contribution is -2.46. The van der Waals surface area contributed by atoms with Gasteiger partial charge in [-0.3, -0.25) is 18.7 Å². The van der Waals surface area contributed by atoms with Crippen LogP contribution in [0.3, 0.4) is 0 Å². The van der Waals surface area contributed by atoms with E-state index in [1.165, 1.54) is 17.7 Å². The van der Waals surface area contributed by atoms with Crippen LogP contribution in [0.15, 0.2) is 15.7 Å². The highest BCUT2D eigenvalue weighted by molar-refractivity contribution is 5.79.